The maximum absolute atomic E-state index is 12.6. The first kappa shape index (κ1) is 17.6. The van der Waals surface area contributed by atoms with Crippen LogP contribution in [0, 0.1) is 0 Å². The Balaban J connectivity index is 1.66. The Morgan fingerprint density at radius 3 is 2.52 bits per heavy atom. The summed E-state index contributed by atoms with van der Waals surface area (Å²) in [6.07, 6.45) is 1.40. The Morgan fingerprint density at radius 2 is 1.84 bits per heavy atom. The van der Waals surface area contributed by atoms with E-state index in [0.717, 1.165) is 22.6 Å². The van der Waals surface area contributed by atoms with Gasteiger partial charge in [-0.15, -0.1) is 10.2 Å². The average Bonchev–Trinajstić information content (AvgIpc) is 3.05. The predicted molar refractivity (Wildman–Crippen MR) is 102 cm³/mol. The van der Waals surface area contributed by atoms with Crippen molar-refractivity contribution in [2.24, 2.45) is 0 Å². The molecule has 0 spiro atoms. The van der Waals surface area contributed by atoms with E-state index in [4.69, 9.17) is 11.6 Å². The van der Waals surface area contributed by atoms with Crippen LogP contribution in [-0.2, 0) is 11.2 Å². The minimum atomic E-state index is -0.190. The van der Waals surface area contributed by atoms with Gasteiger partial charge in [0.1, 0.15) is 5.01 Å². The van der Waals surface area contributed by atoms with Crippen LogP contribution in [0.15, 0.2) is 54.6 Å². The van der Waals surface area contributed by atoms with Crippen LogP contribution < -0.4 is 5.32 Å². The summed E-state index contributed by atoms with van der Waals surface area (Å²) >= 11 is 7.29. The molecule has 0 aliphatic carbocycles. The lowest BCUT2D eigenvalue weighted by Gasteiger charge is -2.13. The highest BCUT2D eigenvalue weighted by molar-refractivity contribution is 7.15. The van der Waals surface area contributed by atoms with Gasteiger partial charge in [-0.3, -0.25) is 10.1 Å². The zero-order chi connectivity index (χ0) is 17.6. The highest BCUT2D eigenvalue weighted by atomic mass is 35.5. The van der Waals surface area contributed by atoms with Gasteiger partial charge in [-0.1, -0.05) is 72.3 Å². The summed E-state index contributed by atoms with van der Waals surface area (Å²) in [4.78, 5) is 12.6. The van der Waals surface area contributed by atoms with Crippen molar-refractivity contribution in [3.05, 3.63) is 75.8 Å². The van der Waals surface area contributed by atoms with E-state index in [0.29, 0.717) is 16.6 Å². The predicted octanol–water partition coefficient (Wildman–Crippen LogP) is 4.91. The van der Waals surface area contributed by atoms with E-state index >= 15 is 0 Å². The van der Waals surface area contributed by atoms with Crippen molar-refractivity contribution < 1.29 is 4.79 Å². The Bertz CT molecular complexity index is 833. The summed E-state index contributed by atoms with van der Waals surface area (Å²) < 4.78 is 0. The number of halogens is 1. The number of nitrogens with zero attached hydrogens (tertiary/aromatic N) is 2. The fraction of sp³-hybridized carbons (Fsp3) is 0.211. The smallest absolute Gasteiger partial charge is 0.233 e. The summed E-state index contributed by atoms with van der Waals surface area (Å²) in [6, 6.07) is 17.4. The van der Waals surface area contributed by atoms with Gasteiger partial charge in [-0.25, -0.2) is 0 Å². The molecule has 1 heterocycles. The van der Waals surface area contributed by atoms with Gasteiger partial charge >= 0.3 is 0 Å². The van der Waals surface area contributed by atoms with Gasteiger partial charge in [-0.05, 0) is 29.7 Å². The molecule has 0 saturated carbocycles. The second-order valence-electron chi connectivity index (χ2n) is 5.66. The van der Waals surface area contributed by atoms with Gasteiger partial charge in [0, 0.05) is 11.4 Å². The maximum Gasteiger partial charge on any atom is 0.233 e. The number of benzene rings is 2. The molecule has 4 nitrogen and oxygen atoms in total. The van der Waals surface area contributed by atoms with Crippen LogP contribution in [0.1, 0.15) is 35.4 Å². The SMILES string of the molecule is CCC(C(=O)Nc1nnc(Cc2ccc(Cl)cc2)s1)c1ccccc1. The number of nitrogens with one attached hydrogen (secondary N) is 1. The van der Waals surface area contributed by atoms with Gasteiger partial charge < -0.3 is 0 Å². The summed E-state index contributed by atoms with van der Waals surface area (Å²) in [6.45, 7) is 2.00. The second-order valence-corrected chi connectivity index (χ2v) is 7.16. The van der Waals surface area contributed by atoms with Crippen molar-refractivity contribution in [1.82, 2.24) is 10.2 Å². The minimum absolute atomic E-state index is 0.0529. The largest absolute Gasteiger partial charge is 0.300 e. The summed E-state index contributed by atoms with van der Waals surface area (Å²) in [5, 5.41) is 13.2. The molecule has 1 atom stereocenters. The van der Waals surface area contributed by atoms with Crippen molar-refractivity contribution in [2.45, 2.75) is 25.7 Å². The van der Waals surface area contributed by atoms with E-state index < -0.39 is 0 Å². The molecule has 1 N–H and O–H groups in total. The summed E-state index contributed by atoms with van der Waals surface area (Å²) in [5.74, 6) is -0.243. The highest BCUT2D eigenvalue weighted by Crippen LogP contribution is 2.24. The number of hydrogen-bond donors (Lipinski definition) is 1. The number of carbonyl (C=O) groups excluding carboxylic acids is 1. The van der Waals surface area contributed by atoms with Crippen LogP contribution in [0.4, 0.5) is 5.13 Å². The molecule has 0 aliphatic rings. The molecule has 1 amide bonds. The third-order valence-electron chi connectivity index (χ3n) is 3.89. The molecule has 128 valence electrons. The summed E-state index contributed by atoms with van der Waals surface area (Å²) in [7, 11) is 0. The molecule has 3 aromatic rings. The van der Waals surface area contributed by atoms with Crippen molar-refractivity contribution in [3.63, 3.8) is 0 Å². The second kappa shape index (κ2) is 8.23. The molecule has 1 unspecified atom stereocenters. The van der Waals surface area contributed by atoms with Gasteiger partial charge in [0.15, 0.2) is 0 Å². The standard InChI is InChI=1S/C19H18ClN3OS/c1-2-16(14-6-4-3-5-7-14)18(24)21-19-23-22-17(25-19)12-13-8-10-15(20)11-9-13/h3-11,16H,2,12H2,1H3,(H,21,23,24). The Morgan fingerprint density at radius 1 is 1.12 bits per heavy atom. The van der Waals surface area contributed by atoms with Crippen LogP contribution in [0.3, 0.4) is 0 Å². The normalized spacial score (nSPS) is 11.9. The first-order chi connectivity index (χ1) is 12.2. The molecule has 0 aliphatic heterocycles. The van der Waals surface area contributed by atoms with E-state index in [9.17, 15) is 4.79 Å². The van der Waals surface area contributed by atoms with Gasteiger partial charge in [-0.2, -0.15) is 0 Å². The molecular weight excluding hydrogens is 354 g/mol. The minimum Gasteiger partial charge on any atom is -0.300 e. The third-order valence-corrected chi connectivity index (χ3v) is 4.98. The number of rotatable bonds is 6. The number of amides is 1. The molecule has 0 fully saturated rings. The molecule has 0 bridgehead atoms. The van der Waals surface area contributed by atoms with Crippen LogP contribution in [0.25, 0.3) is 0 Å². The third kappa shape index (κ3) is 4.65. The van der Waals surface area contributed by atoms with Crippen LogP contribution in [0.5, 0.6) is 0 Å². The maximum atomic E-state index is 12.6. The van der Waals surface area contributed by atoms with E-state index in [1.807, 2.05) is 61.5 Å². The van der Waals surface area contributed by atoms with Crippen molar-refractivity contribution >= 4 is 34.0 Å². The number of aromatic nitrogens is 2. The zero-order valence-corrected chi connectivity index (χ0v) is 15.3. The molecule has 0 radical (unpaired) electrons. The number of hydrogen-bond acceptors (Lipinski definition) is 4. The first-order valence-electron chi connectivity index (χ1n) is 8.08. The lowest BCUT2D eigenvalue weighted by molar-refractivity contribution is -0.117. The molecule has 6 heteroatoms. The fourth-order valence-corrected chi connectivity index (χ4v) is 3.51. The lowest BCUT2D eigenvalue weighted by Crippen LogP contribution is -2.20. The van der Waals surface area contributed by atoms with Crippen molar-refractivity contribution in [1.29, 1.82) is 0 Å². The zero-order valence-electron chi connectivity index (χ0n) is 13.8. The monoisotopic (exact) mass is 371 g/mol. The van der Waals surface area contributed by atoms with E-state index in [-0.39, 0.29) is 11.8 Å². The lowest BCUT2D eigenvalue weighted by atomic mass is 9.96. The first-order valence-corrected chi connectivity index (χ1v) is 9.27. The van der Waals surface area contributed by atoms with E-state index in [1.165, 1.54) is 11.3 Å². The highest BCUT2D eigenvalue weighted by Gasteiger charge is 2.20. The average molecular weight is 372 g/mol. The van der Waals surface area contributed by atoms with Gasteiger partial charge in [0.05, 0.1) is 5.92 Å². The Labute approximate surface area is 155 Å². The van der Waals surface area contributed by atoms with E-state index in [2.05, 4.69) is 15.5 Å². The van der Waals surface area contributed by atoms with Gasteiger partial charge in [0.25, 0.3) is 0 Å². The Hall–Kier alpha value is -2.24. The van der Waals surface area contributed by atoms with Crippen molar-refractivity contribution in [3.8, 4) is 0 Å². The number of carbonyl (C=O) groups is 1. The topological polar surface area (TPSA) is 54.9 Å². The molecule has 1 aromatic heterocycles. The molecule has 3 rings (SSSR count). The Kier molecular flexibility index (Phi) is 5.79. The van der Waals surface area contributed by atoms with Gasteiger partial charge in [0.2, 0.25) is 11.0 Å². The molecule has 0 saturated heterocycles. The quantitative estimate of drug-likeness (QED) is 0.669. The molecular formula is C19H18ClN3OS. The van der Waals surface area contributed by atoms with E-state index in [1.54, 1.807) is 0 Å². The molecule has 2 aromatic carbocycles. The van der Waals surface area contributed by atoms with Crippen LogP contribution in [0.2, 0.25) is 5.02 Å². The van der Waals surface area contributed by atoms with Crippen LogP contribution in [-0.4, -0.2) is 16.1 Å². The van der Waals surface area contributed by atoms with Crippen LogP contribution >= 0.6 is 22.9 Å². The molecule has 25 heavy (non-hydrogen) atoms. The summed E-state index contributed by atoms with van der Waals surface area (Å²) in [5.41, 5.74) is 2.11. The number of anilines is 1. The van der Waals surface area contributed by atoms with Crippen molar-refractivity contribution in [2.75, 3.05) is 5.32 Å². The fourth-order valence-electron chi connectivity index (χ4n) is 2.60.